The first-order valence-electron chi connectivity index (χ1n) is 20.0. The summed E-state index contributed by atoms with van der Waals surface area (Å²) < 4.78 is 9.81. The van der Waals surface area contributed by atoms with E-state index in [-0.39, 0.29) is 0 Å². The number of hydrogen-bond acceptors (Lipinski definition) is 0. The summed E-state index contributed by atoms with van der Waals surface area (Å²) in [7, 11) is 0. The van der Waals surface area contributed by atoms with Crippen molar-refractivity contribution < 1.29 is 0 Å². The van der Waals surface area contributed by atoms with Crippen molar-refractivity contribution in [3.63, 3.8) is 0 Å². The minimum Gasteiger partial charge on any atom is -0.309 e. The molecule has 270 valence electrons. The fourth-order valence-corrected chi connectivity index (χ4v) is 10.0. The molecule has 0 amide bonds. The van der Waals surface area contributed by atoms with Gasteiger partial charge in [-0.1, -0.05) is 121 Å². The van der Waals surface area contributed by atoms with Crippen LogP contribution in [0.1, 0.15) is 0 Å². The highest BCUT2D eigenvalue weighted by molar-refractivity contribution is 6.26. The maximum absolute atomic E-state index is 2.51. The fourth-order valence-electron chi connectivity index (χ4n) is 10.0. The van der Waals surface area contributed by atoms with Gasteiger partial charge >= 0.3 is 0 Å². The summed E-state index contributed by atoms with van der Waals surface area (Å²) in [6.45, 7) is 0. The van der Waals surface area contributed by atoms with Gasteiger partial charge in [0.25, 0.3) is 0 Å². The molecule has 0 bridgehead atoms. The highest BCUT2D eigenvalue weighted by atomic mass is 15.0. The highest BCUT2D eigenvalue weighted by Crippen LogP contribution is 2.44. The van der Waals surface area contributed by atoms with E-state index in [0.29, 0.717) is 0 Å². The predicted molar refractivity (Wildman–Crippen MR) is 244 cm³/mol. The van der Waals surface area contributed by atoms with E-state index in [1.54, 1.807) is 0 Å². The average Bonchev–Trinajstić information content (AvgIpc) is 4.02. The van der Waals surface area contributed by atoms with Gasteiger partial charge in [-0.05, 0) is 84.9 Å². The second kappa shape index (κ2) is 11.8. The molecule has 0 aliphatic heterocycles. The van der Waals surface area contributed by atoms with Crippen molar-refractivity contribution in [2.24, 2.45) is 0 Å². The van der Waals surface area contributed by atoms with Crippen LogP contribution in [0.4, 0.5) is 0 Å². The van der Waals surface area contributed by atoms with Crippen LogP contribution in [0, 0.1) is 0 Å². The highest BCUT2D eigenvalue weighted by Gasteiger charge is 2.23. The Balaban J connectivity index is 1.12. The molecule has 0 aliphatic rings. The van der Waals surface area contributed by atoms with Gasteiger partial charge in [0.2, 0.25) is 0 Å². The van der Waals surface area contributed by atoms with Crippen molar-refractivity contribution >= 4 is 87.2 Å². The van der Waals surface area contributed by atoms with Crippen LogP contribution in [0.15, 0.2) is 206 Å². The molecular formula is C54H34N4. The number of hydrogen-bond donors (Lipinski definition) is 0. The van der Waals surface area contributed by atoms with Crippen LogP contribution in [0.5, 0.6) is 0 Å². The van der Waals surface area contributed by atoms with E-state index in [0.717, 1.165) is 17.1 Å². The van der Waals surface area contributed by atoms with E-state index < -0.39 is 0 Å². The lowest BCUT2D eigenvalue weighted by atomic mass is 10.1. The minimum absolute atomic E-state index is 1.14. The first kappa shape index (κ1) is 31.4. The smallest absolute Gasteiger partial charge is 0.0641 e. The second-order valence-electron chi connectivity index (χ2n) is 15.3. The van der Waals surface area contributed by atoms with Crippen molar-refractivity contribution in [3.8, 4) is 22.7 Å². The minimum atomic E-state index is 1.14. The molecule has 0 N–H and O–H groups in total. The number of para-hydroxylation sites is 6. The van der Waals surface area contributed by atoms with Gasteiger partial charge in [-0.15, -0.1) is 0 Å². The number of benzene rings is 9. The maximum atomic E-state index is 2.51. The Morgan fingerprint density at radius 2 is 0.672 bits per heavy atom. The lowest BCUT2D eigenvalue weighted by Crippen LogP contribution is -1.97. The molecule has 0 saturated carbocycles. The quantitative estimate of drug-likeness (QED) is 0.171. The molecule has 0 fully saturated rings. The zero-order chi connectivity index (χ0) is 37.9. The fraction of sp³-hybridized carbons (Fsp3) is 0. The van der Waals surface area contributed by atoms with Gasteiger partial charge in [-0.2, -0.15) is 0 Å². The van der Waals surface area contributed by atoms with E-state index >= 15 is 0 Å². The van der Waals surface area contributed by atoms with E-state index in [9.17, 15) is 0 Å². The van der Waals surface area contributed by atoms with Gasteiger partial charge in [0, 0.05) is 60.2 Å². The molecule has 0 radical (unpaired) electrons. The third kappa shape index (κ3) is 4.18. The number of aromatic nitrogens is 4. The molecule has 58 heavy (non-hydrogen) atoms. The van der Waals surface area contributed by atoms with Crippen molar-refractivity contribution in [3.05, 3.63) is 206 Å². The Bertz CT molecular complexity index is 3780. The predicted octanol–water partition coefficient (Wildman–Crippen LogP) is 14.1. The van der Waals surface area contributed by atoms with Crippen LogP contribution in [-0.2, 0) is 0 Å². The van der Waals surface area contributed by atoms with Gasteiger partial charge in [0.15, 0.2) is 0 Å². The Morgan fingerprint density at radius 3 is 1.31 bits per heavy atom. The van der Waals surface area contributed by atoms with Gasteiger partial charge < -0.3 is 18.3 Å². The van der Waals surface area contributed by atoms with Gasteiger partial charge in [-0.3, -0.25) is 0 Å². The number of rotatable bonds is 4. The summed E-state index contributed by atoms with van der Waals surface area (Å²) in [6, 6.07) is 75.4. The van der Waals surface area contributed by atoms with E-state index in [4.69, 9.17) is 0 Å². The molecule has 0 saturated heterocycles. The molecule has 0 aliphatic carbocycles. The summed E-state index contributed by atoms with van der Waals surface area (Å²) in [5.74, 6) is 0. The number of nitrogens with zero attached hydrogens (tertiary/aromatic N) is 4. The lowest BCUT2D eigenvalue weighted by molar-refractivity contribution is 1.16. The Hall–Kier alpha value is -7.82. The van der Waals surface area contributed by atoms with Crippen LogP contribution in [0.3, 0.4) is 0 Å². The van der Waals surface area contributed by atoms with Gasteiger partial charge in [0.05, 0.1) is 49.8 Å². The Labute approximate surface area is 333 Å². The Morgan fingerprint density at radius 1 is 0.224 bits per heavy atom. The molecule has 4 heterocycles. The normalized spacial score (nSPS) is 12.1. The van der Waals surface area contributed by atoms with Gasteiger partial charge in [0.1, 0.15) is 0 Å². The SMILES string of the molecule is c1ccc(-n2c3ccccc3c3c(-n4c5ccccc5c5cc(-n6c7ccccc7c7ccc8c(c9ccccc9n8-c8ccccc8)c76)ccc54)cccc32)cc1. The van der Waals surface area contributed by atoms with Crippen LogP contribution in [-0.4, -0.2) is 18.3 Å². The van der Waals surface area contributed by atoms with E-state index in [1.165, 1.54) is 92.9 Å². The lowest BCUT2D eigenvalue weighted by Gasteiger charge is -2.13. The summed E-state index contributed by atoms with van der Waals surface area (Å²) >= 11 is 0. The van der Waals surface area contributed by atoms with Crippen LogP contribution >= 0.6 is 0 Å². The summed E-state index contributed by atoms with van der Waals surface area (Å²) in [5, 5.41) is 9.95. The van der Waals surface area contributed by atoms with Crippen LogP contribution < -0.4 is 0 Å². The zero-order valence-electron chi connectivity index (χ0n) is 31.4. The van der Waals surface area contributed by atoms with Crippen LogP contribution in [0.2, 0.25) is 0 Å². The molecule has 13 rings (SSSR count). The molecule has 9 aromatic carbocycles. The zero-order valence-corrected chi connectivity index (χ0v) is 31.4. The van der Waals surface area contributed by atoms with Crippen LogP contribution in [0.25, 0.3) is 110 Å². The molecular weight excluding hydrogens is 705 g/mol. The van der Waals surface area contributed by atoms with Crippen molar-refractivity contribution in [1.29, 1.82) is 0 Å². The first-order valence-corrected chi connectivity index (χ1v) is 20.0. The number of fused-ring (bicyclic) bond motifs is 13. The third-order valence-electron chi connectivity index (χ3n) is 12.3. The average molecular weight is 739 g/mol. The molecule has 13 aromatic rings. The molecule has 0 spiro atoms. The molecule has 4 nitrogen and oxygen atoms in total. The topological polar surface area (TPSA) is 19.7 Å². The van der Waals surface area contributed by atoms with E-state index in [2.05, 4.69) is 225 Å². The molecule has 4 aromatic heterocycles. The largest absolute Gasteiger partial charge is 0.309 e. The standard InChI is InChI=1S/C54H34N4/c1-3-16-35(17-4-1)55-46-26-13-9-22-41(46)52-49(55)28-15-29-50(52)58-45-25-12-8-21-39(45)43-34-37(30-32-48(43)58)57-44-24-11-7-20-38(44)40-31-33-51-53(54(40)57)42-23-10-14-27-47(42)56(51)36-18-5-2-6-19-36/h1-34H. The molecule has 0 unspecified atom stereocenters. The summed E-state index contributed by atoms with van der Waals surface area (Å²) in [6.07, 6.45) is 0. The van der Waals surface area contributed by atoms with Crippen molar-refractivity contribution in [2.45, 2.75) is 0 Å². The summed E-state index contributed by atoms with van der Waals surface area (Å²) in [5.41, 5.74) is 14.2. The monoisotopic (exact) mass is 738 g/mol. The van der Waals surface area contributed by atoms with Crippen molar-refractivity contribution in [2.75, 3.05) is 0 Å². The van der Waals surface area contributed by atoms with Crippen molar-refractivity contribution in [1.82, 2.24) is 18.3 Å². The van der Waals surface area contributed by atoms with Gasteiger partial charge in [-0.25, -0.2) is 0 Å². The molecule has 0 atom stereocenters. The molecule has 4 heteroatoms. The Kier molecular flexibility index (Phi) is 6.41. The second-order valence-corrected chi connectivity index (χ2v) is 15.3. The summed E-state index contributed by atoms with van der Waals surface area (Å²) in [4.78, 5) is 0. The maximum Gasteiger partial charge on any atom is 0.0641 e. The van der Waals surface area contributed by atoms with E-state index in [1.807, 2.05) is 0 Å². The first-order chi connectivity index (χ1) is 28.8. The third-order valence-corrected chi connectivity index (χ3v) is 12.3.